The summed E-state index contributed by atoms with van der Waals surface area (Å²) in [6, 6.07) is 14.1. The number of halogens is 1. The number of aryl methyl sites for hydroxylation is 1. The van der Waals surface area contributed by atoms with Gasteiger partial charge in [-0.15, -0.1) is 0 Å². The second-order valence-electron chi connectivity index (χ2n) is 9.20. The largest absolute Gasteiger partial charge is 0.494 e. The van der Waals surface area contributed by atoms with Gasteiger partial charge in [0.05, 0.1) is 27.0 Å². The van der Waals surface area contributed by atoms with Gasteiger partial charge in [0, 0.05) is 28.2 Å². The standard InChI is InChI=1S/C25H28ClN3O2Si/c1-15-5-6-17(31-24(32)22-7-11-29(22)2)14-19(15)23(30)28-25(8-9-25)20-12-16(26)13-21-18(20)4-3-10-27-21/h3-6,10,12-14,22,24H,7-9,11H2,1-2,32H3,(H,28,30)/t22-,24?/m0/s1. The van der Waals surface area contributed by atoms with E-state index in [9.17, 15) is 4.79 Å². The lowest BCUT2D eigenvalue weighted by Crippen LogP contribution is -2.53. The van der Waals surface area contributed by atoms with Gasteiger partial charge in [-0.05, 0) is 81.2 Å². The van der Waals surface area contributed by atoms with Crippen molar-refractivity contribution >= 4 is 38.7 Å². The van der Waals surface area contributed by atoms with Gasteiger partial charge in [-0.2, -0.15) is 0 Å². The Balaban J connectivity index is 1.40. The van der Waals surface area contributed by atoms with Crippen LogP contribution in [-0.2, 0) is 5.54 Å². The summed E-state index contributed by atoms with van der Waals surface area (Å²) in [5, 5.41) is 4.98. The third-order valence-electron chi connectivity index (χ3n) is 6.97. The molecule has 5 rings (SSSR count). The topological polar surface area (TPSA) is 54.5 Å². The van der Waals surface area contributed by atoms with Crippen LogP contribution >= 0.6 is 11.6 Å². The molecule has 1 unspecified atom stereocenters. The first-order chi connectivity index (χ1) is 15.4. The number of likely N-dealkylation sites (tertiary alicyclic amines) is 1. The monoisotopic (exact) mass is 465 g/mol. The van der Waals surface area contributed by atoms with Gasteiger partial charge in [0.25, 0.3) is 5.91 Å². The van der Waals surface area contributed by atoms with E-state index in [1.54, 1.807) is 6.20 Å². The summed E-state index contributed by atoms with van der Waals surface area (Å²) in [5.41, 5.74) is 3.30. The van der Waals surface area contributed by atoms with E-state index in [2.05, 4.69) is 22.2 Å². The number of rotatable bonds is 6. The molecule has 5 nitrogen and oxygen atoms in total. The number of pyridine rings is 1. The minimum Gasteiger partial charge on any atom is -0.494 e. The number of nitrogens with zero attached hydrogens (tertiary/aromatic N) is 2. The van der Waals surface area contributed by atoms with Crippen molar-refractivity contribution in [1.29, 1.82) is 0 Å². The molecular weight excluding hydrogens is 438 g/mol. The summed E-state index contributed by atoms with van der Waals surface area (Å²) in [4.78, 5) is 20.2. The first-order valence-corrected chi connectivity index (χ1v) is 12.7. The molecule has 1 aromatic heterocycles. The zero-order chi connectivity index (χ0) is 22.5. The normalized spacial score (nSPS) is 20.5. The van der Waals surface area contributed by atoms with E-state index < -0.39 is 5.54 Å². The quantitative estimate of drug-likeness (QED) is 0.567. The molecule has 2 aliphatic rings. The molecule has 1 saturated carbocycles. The van der Waals surface area contributed by atoms with Gasteiger partial charge in [0.15, 0.2) is 0 Å². The molecule has 2 fully saturated rings. The molecule has 1 N–H and O–H groups in total. The van der Waals surface area contributed by atoms with Crippen LogP contribution in [-0.4, -0.2) is 51.4 Å². The second-order valence-corrected chi connectivity index (χ2v) is 10.8. The van der Waals surface area contributed by atoms with E-state index in [0.717, 1.165) is 57.4 Å². The predicted octanol–water partition coefficient (Wildman–Crippen LogP) is 3.39. The van der Waals surface area contributed by atoms with Crippen LogP contribution in [0.5, 0.6) is 5.75 Å². The first kappa shape index (κ1) is 21.4. The average Bonchev–Trinajstić information content (AvgIpc) is 3.53. The minimum atomic E-state index is -0.401. The Morgan fingerprint density at radius 2 is 2.12 bits per heavy atom. The Kier molecular flexibility index (Phi) is 5.48. The third kappa shape index (κ3) is 3.91. The minimum absolute atomic E-state index is 0.0758. The summed E-state index contributed by atoms with van der Waals surface area (Å²) >= 11 is 6.39. The molecule has 2 atom stereocenters. The van der Waals surface area contributed by atoms with Crippen LogP contribution in [0.15, 0.2) is 48.7 Å². The maximum absolute atomic E-state index is 13.4. The number of ether oxygens (including phenoxy) is 1. The number of carbonyl (C=O) groups excluding carboxylic acids is 1. The van der Waals surface area contributed by atoms with E-state index in [-0.39, 0.29) is 11.6 Å². The maximum Gasteiger partial charge on any atom is 0.252 e. The van der Waals surface area contributed by atoms with E-state index >= 15 is 0 Å². The summed E-state index contributed by atoms with van der Waals surface area (Å²) in [5.74, 6) is 0.691. The summed E-state index contributed by atoms with van der Waals surface area (Å²) < 4.78 is 6.25. The fraction of sp³-hybridized carbons (Fsp3) is 0.360. The van der Waals surface area contributed by atoms with Crippen LogP contribution in [0.1, 0.15) is 40.7 Å². The number of carbonyl (C=O) groups is 1. The molecule has 1 saturated heterocycles. The van der Waals surface area contributed by atoms with E-state index in [1.807, 2.05) is 49.4 Å². The highest BCUT2D eigenvalue weighted by Gasteiger charge is 2.47. The lowest BCUT2D eigenvalue weighted by molar-refractivity contribution is 0.0562. The second kappa shape index (κ2) is 8.18. The Bertz CT molecular complexity index is 1200. The lowest BCUT2D eigenvalue weighted by Gasteiger charge is -2.41. The molecule has 1 aliphatic carbocycles. The number of likely N-dealkylation sites (N-methyl/N-ethyl adjacent to an activating group) is 1. The van der Waals surface area contributed by atoms with Crippen molar-refractivity contribution in [2.24, 2.45) is 0 Å². The number of aromatic nitrogens is 1. The fourth-order valence-electron chi connectivity index (χ4n) is 4.76. The molecule has 0 radical (unpaired) electrons. The molecule has 3 aromatic rings. The van der Waals surface area contributed by atoms with Crippen LogP contribution in [0.25, 0.3) is 10.9 Å². The van der Waals surface area contributed by atoms with E-state index in [0.29, 0.717) is 16.6 Å². The van der Waals surface area contributed by atoms with Crippen LogP contribution in [0.4, 0.5) is 0 Å². The molecule has 32 heavy (non-hydrogen) atoms. The molecule has 2 heterocycles. The number of amides is 1. The van der Waals surface area contributed by atoms with Gasteiger partial charge < -0.3 is 15.0 Å². The number of fused-ring (bicyclic) bond motifs is 1. The summed E-state index contributed by atoms with van der Waals surface area (Å²) in [7, 11) is 3.08. The Hall–Kier alpha value is -2.41. The zero-order valence-corrected chi connectivity index (χ0v) is 21.4. The highest BCUT2D eigenvalue weighted by molar-refractivity contribution is 6.31. The molecule has 0 bridgehead atoms. The first-order valence-electron chi connectivity index (χ1n) is 11.2. The van der Waals surface area contributed by atoms with Gasteiger partial charge >= 0.3 is 0 Å². The van der Waals surface area contributed by atoms with E-state index in [4.69, 9.17) is 16.3 Å². The zero-order valence-electron chi connectivity index (χ0n) is 18.7. The fourth-order valence-corrected chi connectivity index (χ4v) is 6.08. The number of hydrogen-bond donors (Lipinski definition) is 1. The van der Waals surface area contributed by atoms with Crippen molar-refractivity contribution in [3.8, 4) is 5.75 Å². The van der Waals surface area contributed by atoms with Crippen LogP contribution in [0, 0.1) is 6.92 Å². The molecule has 7 heteroatoms. The Morgan fingerprint density at radius 1 is 1.31 bits per heavy atom. The van der Waals surface area contributed by atoms with E-state index in [1.165, 1.54) is 6.42 Å². The molecule has 1 aliphatic heterocycles. The molecule has 1 amide bonds. The number of nitrogens with one attached hydrogen (secondary N) is 1. The Labute approximate surface area is 196 Å². The maximum atomic E-state index is 13.4. The summed E-state index contributed by atoms with van der Waals surface area (Å²) in [6.45, 7) is 3.10. The average molecular weight is 466 g/mol. The molecule has 0 spiro atoms. The molecule has 166 valence electrons. The SMILES string of the molecule is Cc1ccc(OC([SiH3])[C@@H]2CCN2C)cc1C(=O)NC1(c2cc(Cl)cc3ncccc23)CC1. The van der Waals surface area contributed by atoms with Crippen molar-refractivity contribution < 1.29 is 9.53 Å². The smallest absolute Gasteiger partial charge is 0.252 e. The van der Waals surface area contributed by atoms with Crippen molar-refractivity contribution in [3.63, 3.8) is 0 Å². The molecule has 2 aromatic carbocycles. The van der Waals surface area contributed by atoms with Crippen molar-refractivity contribution in [3.05, 3.63) is 70.4 Å². The van der Waals surface area contributed by atoms with Crippen LogP contribution in [0.2, 0.25) is 5.02 Å². The van der Waals surface area contributed by atoms with Gasteiger partial charge in [0.2, 0.25) is 0 Å². The van der Waals surface area contributed by atoms with Crippen LogP contribution in [0.3, 0.4) is 0 Å². The predicted molar refractivity (Wildman–Crippen MR) is 132 cm³/mol. The van der Waals surface area contributed by atoms with Gasteiger partial charge in [0.1, 0.15) is 5.75 Å². The highest BCUT2D eigenvalue weighted by Crippen LogP contribution is 2.48. The van der Waals surface area contributed by atoms with Crippen LogP contribution < -0.4 is 10.1 Å². The summed E-state index contributed by atoms with van der Waals surface area (Å²) in [6.07, 6.45) is 4.71. The number of benzene rings is 2. The van der Waals surface area contributed by atoms with Gasteiger partial charge in [-0.1, -0.05) is 23.7 Å². The lowest BCUT2D eigenvalue weighted by atomic mass is 9.98. The van der Waals surface area contributed by atoms with Gasteiger partial charge in [-0.3, -0.25) is 9.78 Å². The van der Waals surface area contributed by atoms with Crippen molar-refractivity contribution in [2.75, 3.05) is 13.6 Å². The van der Waals surface area contributed by atoms with Gasteiger partial charge in [-0.25, -0.2) is 0 Å². The Morgan fingerprint density at radius 3 is 2.81 bits per heavy atom. The third-order valence-corrected chi connectivity index (χ3v) is 8.19. The highest BCUT2D eigenvalue weighted by atomic mass is 35.5. The number of hydrogen-bond acceptors (Lipinski definition) is 4. The van der Waals surface area contributed by atoms with Crippen molar-refractivity contribution in [1.82, 2.24) is 15.2 Å². The van der Waals surface area contributed by atoms with Crippen molar-refractivity contribution in [2.45, 2.75) is 43.5 Å². The molecular formula is C25H28ClN3O2Si.